The summed E-state index contributed by atoms with van der Waals surface area (Å²) in [7, 11) is 1.51. The molecule has 0 aromatic heterocycles. The lowest BCUT2D eigenvalue weighted by Gasteiger charge is -2.38. The van der Waals surface area contributed by atoms with E-state index in [0.717, 1.165) is 22.3 Å². The van der Waals surface area contributed by atoms with E-state index in [0.29, 0.717) is 0 Å². The van der Waals surface area contributed by atoms with Crippen LogP contribution >= 0.6 is 0 Å². The summed E-state index contributed by atoms with van der Waals surface area (Å²) in [6.45, 7) is 0.708. The average molecular weight is 438 g/mol. The molecule has 2 N–H and O–H groups in total. The highest BCUT2D eigenvalue weighted by atomic mass is 16.5. The number of aliphatic carboxylic acids is 1. The molecule has 0 bridgehead atoms. The number of nitrogens with one attached hydrogen (secondary N) is 1. The predicted molar refractivity (Wildman–Crippen MR) is 116 cm³/mol. The highest BCUT2D eigenvalue weighted by Crippen LogP contribution is 2.44. The minimum atomic E-state index is -0.924. The topological polar surface area (TPSA) is 105 Å². The molecule has 2 aromatic carbocycles. The van der Waals surface area contributed by atoms with E-state index in [4.69, 9.17) is 14.6 Å². The maximum Gasteiger partial charge on any atom is 0.407 e. The number of ether oxygens (including phenoxy) is 2. The third-order valence-corrected chi connectivity index (χ3v) is 6.09. The number of methoxy groups -OCH3 is 1. The van der Waals surface area contributed by atoms with Crippen molar-refractivity contribution in [3.8, 4) is 11.1 Å². The molecule has 2 amide bonds. The molecule has 0 spiro atoms. The van der Waals surface area contributed by atoms with E-state index < -0.39 is 24.0 Å². The summed E-state index contributed by atoms with van der Waals surface area (Å²) >= 11 is 0. The fourth-order valence-corrected chi connectivity index (χ4v) is 4.31. The van der Waals surface area contributed by atoms with Gasteiger partial charge >= 0.3 is 12.1 Å². The summed E-state index contributed by atoms with van der Waals surface area (Å²) in [5, 5.41) is 11.7. The maximum absolute atomic E-state index is 12.7. The number of hydrogen-bond acceptors (Lipinski definition) is 5. The molecule has 1 atom stereocenters. The van der Waals surface area contributed by atoms with E-state index >= 15 is 0 Å². The Labute approximate surface area is 186 Å². The average Bonchev–Trinajstić information content (AvgIpc) is 3.07. The first-order valence-corrected chi connectivity index (χ1v) is 10.6. The molecule has 8 nitrogen and oxygen atoms in total. The maximum atomic E-state index is 12.7. The van der Waals surface area contributed by atoms with Crippen LogP contribution in [0.3, 0.4) is 0 Å². The van der Waals surface area contributed by atoms with Crippen molar-refractivity contribution in [3.63, 3.8) is 0 Å². The molecule has 0 radical (unpaired) electrons. The highest BCUT2D eigenvalue weighted by Gasteiger charge is 2.39. The Morgan fingerprint density at radius 2 is 1.66 bits per heavy atom. The lowest BCUT2D eigenvalue weighted by molar-refractivity contribution is -0.153. The molecule has 1 saturated heterocycles. The van der Waals surface area contributed by atoms with Crippen molar-refractivity contribution in [2.24, 2.45) is 5.92 Å². The first-order valence-electron chi connectivity index (χ1n) is 10.6. The van der Waals surface area contributed by atoms with E-state index in [9.17, 15) is 14.4 Å². The van der Waals surface area contributed by atoms with Crippen LogP contribution in [0.1, 0.15) is 23.5 Å². The van der Waals surface area contributed by atoms with Gasteiger partial charge in [0.2, 0.25) is 5.91 Å². The van der Waals surface area contributed by atoms with Crippen LogP contribution in [-0.2, 0) is 19.1 Å². The third-order valence-electron chi connectivity index (χ3n) is 6.09. The van der Waals surface area contributed by atoms with Gasteiger partial charge in [0.15, 0.2) is 0 Å². The van der Waals surface area contributed by atoms with Crippen molar-refractivity contribution in [3.05, 3.63) is 59.7 Å². The molecule has 0 saturated carbocycles. The zero-order chi connectivity index (χ0) is 22.7. The number of rotatable bonds is 8. The number of carboxylic acids is 1. The number of benzene rings is 2. The molecule has 1 aliphatic carbocycles. The van der Waals surface area contributed by atoms with Crippen LogP contribution < -0.4 is 5.32 Å². The Morgan fingerprint density at radius 1 is 1.06 bits per heavy atom. The molecular formula is C24H26N2O6. The van der Waals surface area contributed by atoms with Crippen LogP contribution in [0.2, 0.25) is 0 Å². The fraction of sp³-hybridized carbons (Fsp3) is 0.375. The number of alkyl carbamates (subject to hydrolysis) is 1. The van der Waals surface area contributed by atoms with Crippen LogP contribution in [-0.4, -0.2) is 67.4 Å². The molecule has 168 valence electrons. The van der Waals surface area contributed by atoms with Gasteiger partial charge in [-0.05, 0) is 22.3 Å². The minimum absolute atomic E-state index is 0.0759. The largest absolute Gasteiger partial charge is 0.481 e. The van der Waals surface area contributed by atoms with E-state index in [1.54, 1.807) is 0 Å². The Hall–Kier alpha value is -3.39. The van der Waals surface area contributed by atoms with Crippen LogP contribution in [0, 0.1) is 5.92 Å². The molecule has 8 heteroatoms. The van der Waals surface area contributed by atoms with Gasteiger partial charge in [-0.15, -0.1) is 0 Å². The standard InChI is InChI=1S/C24H26N2O6/c1-31-11-10-21(22(27)26-12-15(13-26)23(28)29)25-24(30)32-14-20-18-8-4-2-6-16(18)17-7-3-5-9-19(17)20/h2-9,15,20-21H,10-14H2,1H3,(H,25,30)(H,28,29). The highest BCUT2D eigenvalue weighted by molar-refractivity contribution is 5.88. The number of hydrogen-bond donors (Lipinski definition) is 2. The van der Waals surface area contributed by atoms with Gasteiger partial charge in [0.1, 0.15) is 12.6 Å². The third kappa shape index (κ3) is 4.31. The Kier molecular flexibility index (Phi) is 6.41. The number of carboxylic acid groups (broad SMARTS) is 1. The van der Waals surface area contributed by atoms with Crippen LogP contribution in [0.5, 0.6) is 0 Å². The van der Waals surface area contributed by atoms with E-state index in [1.165, 1.54) is 12.0 Å². The van der Waals surface area contributed by atoms with Crippen molar-refractivity contribution in [2.75, 3.05) is 33.4 Å². The van der Waals surface area contributed by atoms with Crippen LogP contribution in [0.15, 0.2) is 48.5 Å². The summed E-state index contributed by atoms with van der Waals surface area (Å²) in [5.41, 5.74) is 4.48. The summed E-state index contributed by atoms with van der Waals surface area (Å²) in [6, 6.07) is 15.3. The van der Waals surface area contributed by atoms with E-state index in [1.807, 2.05) is 36.4 Å². The lowest BCUT2D eigenvalue weighted by Crippen LogP contribution is -2.59. The molecule has 32 heavy (non-hydrogen) atoms. The first-order chi connectivity index (χ1) is 15.5. The zero-order valence-corrected chi connectivity index (χ0v) is 17.8. The summed E-state index contributed by atoms with van der Waals surface area (Å²) in [6.07, 6.45) is -0.412. The second kappa shape index (κ2) is 9.40. The normalized spacial score (nSPS) is 16.0. The van der Waals surface area contributed by atoms with Crippen molar-refractivity contribution >= 4 is 18.0 Å². The van der Waals surface area contributed by atoms with Gasteiger partial charge in [0.25, 0.3) is 0 Å². The smallest absolute Gasteiger partial charge is 0.407 e. The van der Waals surface area contributed by atoms with Crippen LogP contribution in [0.25, 0.3) is 11.1 Å². The second-order valence-electron chi connectivity index (χ2n) is 8.08. The van der Waals surface area contributed by atoms with Gasteiger partial charge in [-0.25, -0.2) is 4.79 Å². The molecule has 2 aromatic rings. The second-order valence-corrected chi connectivity index (χ2v) is 8.08. The van der Waals surface area contributed by atoms with E-state index in [2.05, 4.69) is 17.4 Å². The molecule has 1 heterocycles. The minimum Gasteiger partial charge on any atom is -0.481 e. The van der Waals surface area contributed by atoms with Gasteiger partial charge in [-0.1, -0.05) is 48.5 Å². The summed E-state index contributed by atoms with van der Waals surface area (Å²) in [4.78, 5) is 37.7. The van der Waals surface area contributed by atoms with Gasteiger partial charge in [-0.3, -0.25) is 9.59 Å². The van der Waals surface area contributed by atoms with Gasteiger partial charge < -0.3 is 24.8 Å². The van der Waals surface area contributed by atoms with Gasteiger partial charge in [-0.2, -0.15) is 0 Å². The summed E-state index contributed by atoms with van der Waals surface area (Å²) < 4.78 is 10.6. The monoisotopic (exact) mass is 438 g/mol. The summed E-state index contributed by atoms with van der Waals surface area (Å²) in [5.74, 6) is -1.88. The molecule has 1 fully saturated rings. The number of carbonyl (C=O) groups excluding carboxylic acids is 2. The van der Waals surface area contributed by atoms with Gasteiger partial charge in [0, 0.05) is 39.1 Å². The molecular weight excluding hydrogens is 412 g/mol. The number of likely N-dealkylation sites (tertiary alicyclic amines) is 1. The van der Waals surface area contributed by atoms with Crippen LogP contribution in [0.4, 0.5) is 4.79 Å². The SMILES string of the molecule is COCCC(NC(=O)OCC1c2ccccc2-c2ccccc21)C(=O)N1CC(C(=O)O)C1. The predicted octanol–water partition coefficient (Wildman–Crippen LogP) is 2.47. The van der Waals surface area contributed by atoms with Crippen molar-refractivity contribution in [2.45, 2.75) is 18.4 Å². The fourth-order valence-electron chi connectivity index (χ4n) is 4.31. The van der Waals surface area contributed by atoms with Gasteiger partial charge in [0.05, 0.1) is 5.92 Å². The number of carbonyl (C=O) groups is 3. The van der Waals surface area contributed by atoms with Crippen molar-refractivity contribution in [1.82, 2.24) is 10.2 Å². The molecule has 4 rings (SSSR count). The zero-order valence-electron chi connectivity index (χ0n) is 17.8. The Bertz CT molecular complexity index is 972. The van der Waals surface area contributed by atoms with Crippen molar-refractivity contribution in [1.29, 1.82) is 0 Å². The number of fused-ring (bicyclic) bond motifs is 3. The molecule has 2 aliphatic rings. The Balaban J connectivity index is 1.39. The quantitative estimate of drug-likeness (QED) is 0.656. The first kappa shape index (κ1) is 21.8. The van der Waals surface area contributed by atoms with Crippen molar-refractivity contribution < 1.29 is 29.0 Å². The molecule has 1 aliphatic heterocycles. The van der Waals surface area contributed by atoms with E-state index in [-0.39, 0.29) is 44.5 Å². The number of amides is 2. The lowest BCUT2D eigenvalue weighted by atomic mass is 9.98. The Morgan fingerprint density at radius 3 is 2.22 bits per heavy atom. The number of nitrogens with zero attached hydrogens (tertiary/aromatic N) is 1. The molecule has 1 unspecified atom stereocenters.